The number of aryl methyl sites for hydroxylation is 3. The van der Waals surface area contributed by atoms with Gasteiger partial charge in [0.05, 0.1) is 12.0 Å². The first-order chi connectivity index (χ1) is 34.0. The number of nitrogens with zero attached hydrogens (tertiary/aromatic N) is 1. The minimum Gasteiger partial charge on any atom is -0.489 e. The Morgan fingerprint density at radius 1 is 0.722 bits per heavy atom. The van der Waals surface area contributed by atoms with Crippen molar-refractivity contribution < 1.29 is 51.3 Å². The predicted octanol–water partition coefficient (Wildman–Crippen LogP) is 7.25. The first-order valence-electron chi connectivity index (χ1n) is 23.2. The molecular weight excluding hydrogens is 990 g/mol. The van der Waals surface area contributed by atoms with Gasteiger partial charge in [-0.3, -0.25) is 14.6 Å². The Morgan fingerprint density at radius 3 is 1.96 bits per heavy atom. The van der Waals surface area contributed by atoms with E-state index < -0.39 is 69.7 Å². The Morgan fingerprint density at radius 2 is 1.33 bits per heavy atom. The lowest BCUT2D eigenvalue weighted by molar-refractivity contribution is -0.145. The number of ether oxygens (including phenoxy) is 4. The molecule has 4 aromatic rings. The molecule has 0 heterocycles. The fourth-order valence-corrected chi connectivity index (χ4v) is 9.31. The molecular formula is C51H65Cl2N7O11S. The lowest BCUT2D eigenvalue weighted by atomic mass is 10.0. The highest BCUT2D eigenvalue weighted by Crippen LogP contribution is 2.26. The number of halogens is 2. The van der Waals surface area contributed by atoms with Crippen molar-refractivity contribution in [2.45, 2.75) is 122 Å². The molecule has 3 atom stereocenters. The Balaban J connectivity index is 1.51. The highest BCUT2D eigenvalue weighted by Gasteiger charge is 2.31. The van der Waals surface area contributed by atoms with E-state index in [1.807, 2.05) is 37.3 Å². The molecule has 0 spiro atoms. The lowest BCUT2D eigenvalue weighted by Crippen LogP contribution is -2.56. The monoisotopic (exact) mass is 1050 g/mol. The number of carbonyl (C=O) groups is 5. The molecule has 0 bridgehead atoms. The number of sulfonamides is 1. The summed E-state index contributed by atoms with van der Waals surface area (Å²) in [4.78, 5) is 71.2. The number of methoxy groups -OCH3 is 1. The van der Waals surface area contributed by atoms with Crippen LogP contribution in [0.4, 0.5) is 9.59 Å². The number of amides is 4. The molecule has 4 aromatic carbocycles. The van der Waals surface area contributed by atoms with Crippen LogP contribution in [0.2, 0.25) is 10.0 Å². The van der Waals surface area contributed by atoms with Gasteiger partial charge in [0.25, 0.3) is 10.0 Å². The van der Waals surface area contributed by atoms with Crippen LogP contribution in [0.3, 0.4) is 0 Å². The van der Waals surface area contributed by atoms with Crippen molar-refractivity contribution in [1.82, 2.24) is 26.0 Å². The largest absolute Gasteiger partial charge is 0.489 e. The van der Waals surface area contributed by atoms with Crippen molar-refractivity contribution in [3.05, 3.63) is 128 Å². The zero-order chi connectivity index (χ0) is 53.0. The number of hydrogen-bond acceptors (Lipinski definition) is 12. The number of esters is 1. The number of alkyl carbamates (subject to hydrolysis) is 2. The Labute approximate surface area is 431 Å². The van der Waals surface area contributed by atoms with E-state index in [1.54, 1.807) is 89.2 Å². The summed E-state index contributed by atoms with van der Waals surface area (Å²) in [7, 11) is -2.94. The van der Waals surface area contributed by atoms with E-state index in [2.05, 4.69) is 31.0 Å². The van der Waals surface area contributed by atoms with Gasteiger partial charge in [0.15, 0.2) is 0 Å². The quantitative estimate of drug-likeness (QED) is 0.0133. The van der Waals surface area contributed by atoms with Crippen molar-refractivity contribution in [1.29, 1.82) is 0 Å². The Hall–Kier alpha value is -6.57. The summed E-state index contributed by atoms with van der Waals surface area (Å²) in [6, 6.07) is 20.8. The summed E-state index contributed by atoms with van der Waals surface area (Å²) in [6.45, 7) is 10.5. The van der Waals surface area contributed by atoms with Gasteiger partial charge in [-0.25, -0.2) is 27.5 Å². The van der Waals surface area contributed by atoms with Crippen molar-refractivity contribution in [2.24, 2.45) is 10.7 Å². The Bertz CT molecular complexity index is 2590. The van der Waals surface area contributed by atoms with Gasteiger partial charge < -0.3 is 45.9 Å². The third-order valence-electron chi connectivity index (χ3n) is 10.7. The molecule has 0 radical (unpaired) electrons. The van der Waals surface area contributed by atoms with Gasteiger partial charge in [0.2, 0.25) is 17.8 Å². The molecule has 390 valence electrons. The molecule has 4 amide bonds. The van der Waals surface area contributed by atoms with E-state index >= 15 is 0 Å². The third-order valence-corrected chi connectivity index (χ3v) is 13.1. The molecule has 0 aliphatic heterocycles. The summed E-state index contributed by atoms with van der Waals surface area (Å²) in [6.07, 6.45) is -0.684. The van der Waals surface area contributed by atoms with E-state index in [0.717, 1.165) is 11.1 Å². The SMILES string of the molecule is COC(=O)[C@H](CCCCNC(=O)OCc1ccccc1)NC(=O)[C@H](CCCN=C(N)NS(=O)(=O)c1c(C)cc(C)cc1C)NC(=O)[C@H](Cc1ccc(OCc2c(Cl)cccc2Cl)cc1)NC(=O)OC(C)(C)C. The number of guanidine groups is 1. The molecule has 0 aromatic heterocycles. The van der Waals surface area contributed by atoms with Gasteiger partial charge in [-0.15, -0.1) is 0 Å². The summed E-state index contributed by atoms with van der Waals surface area (Å²) < 4.78 is 50.6. The van der Waals surface area contributed by atoms with Crippen LogP contribution in [-0.2, 0) is 58.3 Å². The average Bonchev–Trinajstić information content (AvgIpc) is 3.30. The second-order valence-electron chi connectivity index (χ2n) is 17.9. The van der Waals surface area contributed by atoms with Crippen LogP contribution < -0.4 is 36.5 Å². The van der Waals surface area contributed by atoms with Crippen molar-refractivity contribution in [3.8, 4) is 5.75 Å². The predicted molar refractivity (Wildman–Crippen MR) is 275 cm³/mol. The van der Waals surface area contributed by atoms with Crippen LogP contribution in [0.1, 0.15) is 86.3 Å². The molecule has 0 aliphatic carbocycles. The van der Waals surface area contributed by atoms with Crippen LogP contribution in [0.15, 0.2) is 94.8 Å². The summed E-state index contributed by atoms with van der Waals surface area (Å²) in [5.41, 5.74) is 9.11. The van der Waals surface area contributed by atoms with Gasteiger partial charge in [-0.1, -0.05) is 89.4 Å². The van der Waals surface area contributed by atoms with E-state index in [1.165, 1.54) is 7.11 Å². The van der Waals surface area contributed by atoms with Gasteiger partial charge in [-0.2, -0.15) is 0 Å². The van der Waals surface area contributed by atoms with E-state index in [4.69, 9.17) is 47.9 Å². The molecule has 18 nitrogen and oxygen atoms in total. The van der Waals surface area contributed by atoms with E-state index in [9.17, 15) is 32.4 Å². The van der Waals surface area contributed by atoms with Crippen LogP contribution in [0, 0.1) is 20.8 Å². The first-order valence-corrected chi connectivity index (χ1v) is 25.5. The van der Waals surface area contributed by atoms with E-state index in [0.29, 0.717) is 50.9 Å². The van der Waals surface area contributed by atoms with Gasteiger partial charge >= 0.3 is 18.2 Å². The number of rotatable bonds is 24. The second-order valence-corrected chi connectivity index (χ2v) is 20.3. The highest BCUT2D eigenvalue weighted by atomic mass is 35.5. The van der Waals surface area contributed by atoms with Gasteiger partial charge in [0.1, 0.15) is 42.7 Å². The first kappa shape index (κ1) is 58.0. The molecule has 72 heavy (non-hydrogen) atoms. The maximum atomic E-state index is 14.3. The number of nitrogens with one attached hydrogen (secondary N) is 5. The van der Waals surface area contributed by atoms with Crippen LogP contribution in [0.25, 0.3) is 0 Å². The summed E-state index contributed by atoms with van der Waals surface area (Å²) in [5, 5.41) is 11.6. The van der Waals surface area contributed by atoms with Crippen molar-refractivity contribution >= 4 is 69.2 Å². The second kappa shape index (κ2) is 27.9. The number of unbranched alkanes of at least 4 members (excludes halogenated alkanes) is 1. The molecule has 0 unspecified atom stereocenters. The van der Waals surface area contributed by atoms with Crippen molar-refractivity contribution in [2.75, 3.05) is 20.2 Å². The normalized spacial score (nSPS) is 12.9. The third kappa shape index (κ3) is 19.6. The fourth-order valence-electron chi connectivity index (χ4n) is 7.39. The van der Waals surface area contributed by atoms with E-state index in [-0.39, 0.29) is 56.9 Å². The number of benzene rings is 4. The number of aliphatic imine (C=N–C) groups is 1. The lowest BCUT2D eigenvalue weighted by Gasteiger charge is -2.26. The molecule has 0 saturated heterocycles. The topological polar surface area (TPSA) is 255 Å². The molecule has 0 fully saturated rings. The zero-order valence-corrected chi connectivity index (χ0v) is 43.9. The zero-order valence-electron chi connectivity index (χ0n) is 41.6. The van der Waals surface area contributed by atoms with Gasteiger partial charge in [0, 0.05) is 35.1 Å². The standard InChI is InChI=1S/C51H65Cl2N7O11S/c1-32-27-33(2)44(34(3)28-32)72(66,67)60-48(54)55-26-14-20-41(45(61)58-42(47(63)68-7)19-11-12-25-56-49(64)70-30-36-15-9-8-10-16-36)57-46(62)43(59-50(65)71-51(4,5)6)29-35-21-23-37(24-22-35)69-31-38-39(52)17-13-18-40(38)53/h8-10,13,15-18,21-24,27-28,41-43H,11-12,14,19-20,25-26,29-31H2,1-7H3,(H,56,64)(H,57,62)(H,58,61)(H,59,65)(H3,54,55,60)/t41-,42-,43-/m0/s1. The van der Waals surface area contributed by atoms with Crippen LogP contribution in [0.5, 0.6) is 5.75 Å². The van der Waals surface area contributed by atoms with Crippen molar-refractivity contribution in [3.63, 3.8) is 0 Å². The average molecular weight is 1060 g/mol. The molecule has 7 N–H and O–H groups in total. The molecule has 0 aliphatic rings. The highest BCUT2D eigenvalue weighted by molar-refractivity contribution is 7.90. The Kier molecular flexibility index (Phi) is 22.5. The maximum absolute atomic E-state index is 14.3. The van der Waals surface area contributed by atoms with Crippen LogP contribution in [-0.4, -0.2) is 88.3 Å². The minimum absolute atomic E-state index is 0.0600. The molecule has 21 heteroatoms. The molecule has 4 rings (SSSR count). The number of carbonyl (C=O) groups excluding carboxylic acids is 5. The molecule has 0 saturated carbocycles. The fraction of sp³-hybridized carbons (Fsp3) is 0.412. The number of nitrogens with two attached hydrogens (primary N) is 1. The summed E-state index contributed by atoms with van der Waals surface area (Å²) >= 11 is 12.6. The smallest absolute Gasteiger partial charge is 0.408 e. The van der Waals surface area contributed by atoms with Crippen LogP contribution >= 0.6 is 23.2 Å². The maximum Gasteiger partial charge on any atom is 0.408 e. The number of hydrogen-bond donors (Lipinski definition) is 6. The van der Waals surface area contributed by atoms with Gasteiger partial charge in [-0.05, 0) is 120 Å². The summed E-state index contributed by atoms with van der Waals surface area (Å²) in [5.74, 6) is -2.20. The minimum atomic E-state index is -4.11.